The maximum absolute atomic E-state index is 4.73. The predicted octanol–water partition coefficient (Wildman–Crippen LogP) is 2.30. The van der Waals surface area contributed by atoms with Crippen molar-refractivity contribution in [1.29, 1.82) is 0 Å². The number of nitrogens with one attached hydrogen (secondary N) is 2. The predicted molar refractivity (Wildman–Crippen MR) is 116 cm³/mol. The first kappa shape index (κ1) is 18.7. The SMILES string of the molecule is Cc1cccnc1C1CCCC(C2=CN3C(N4CCNCC4)=CC=CC3N2)N1C. The van der Waals surface area contributed by atoms with E-state index in [1.54, 1.807) is 0 Å². The van der Waals surface area contributed by atoms with Gasteiger partial charge in [-0.1, -0.05) is 12.1 Å². The fourth-order valence-electron chi connectivity index (χ4n) is 5.22. The summed E-state index contributed by atoms with van der Waals surface area (Å²) in [6.45, 7) is 6.43. The molecule has 3 unspecified atom stereocenters. The number of aromatic nitrogens is 1. The number of nitrogens with zero attached hydrogens (tertiary/aromatic N) is 4. The van der Waals surface area contributed by atoms with Gasteiger partial charge < -0.3 is 20.4 Å². The standard InChI is InChI=1S/C23H32N6/c1-17-6-5-11-25-23(17)20-8-3-7-19(27(20)2)18-16-29-21(26-18)9-4-10-22(29)28-14-12-24-13-15-28/h4-6,9-11,16,19-21,24,26H,3,7-8,12-15H2,1-2H3. The number of piperidine rings is 1. The number of hydrogen-bond acceptors (Lipinski definition) is 6. The van der Waals surface area contributed by atoms with Gasteiger partial charge in [-0.2, -0.15) is 0 Å². The van der Waals surface area contributed by atoms with Gasteiger partial charge in [-0.05, 0) is 57.0 Å². The van der Waals surface area contributed by atoms with E-state index in [0.717, 1.165) is 26.2 Å². The van der Waals surface area contributed by atoms with E-state index in [9.17, 15) is 0 Å². The van der Waals surface area contributed by atoms with Crippen LogP contribution in [0.5, 0.6) is 0 Å². The lowest BCUT2D eigenvalue weighted by Crippen LogP contribution is -2.49. The number of hydrogen-bond donors (Lipinski definition) is 2. The molecule has 2 fully saturated rings. The average molecular weight is 393 g/mol. The molecule has 5 rings (SSSR count). The maximum Gasteiger partial charge on any atom is 0.124 e. The molecule has 6 heteroatoms. The summed E-state index contributed by atoms with van der Waals surface area (Å²) >= 11 is 0. The molecule has 0 saturated carbocycles. The van der Waals surface area contributed by atoms with Crippen LogP contribution in [-0.2, 0) is 0 Å². The van der Waals surface area contributed by atoms with Gasteiger partial charge in [0.15, 0.2) is 0 Å². The van der Waals surface area contributed by atoms with Gasteiger partial charge in [0.1, 0.15) is 12.0 Å². The van der Waals surface area contributed by atoms with Gasteiger partial charge in [0.05, 0.1) is 17.8 Å². The summed E-state index contributed by atoms with van der Waals surface area (Å²) in [5, 5.41) is 7.26. The zero-order chi connectivity index (χ0) is 19.8. The first-order valence-electron chi connectivity index (χ1n) is 11.0. The molecule has 154 valence electrons. The minimum atomic E-state index is 0.227. The largest absolute Gasteiger partial charge is 0.363 e. The van der Waals surface area contributed by atoms with Crippen LogP contribution in [0, 0.1) is 6.92 Å². The number of allylic oxidation sites excluding steroid dienone is 2. The van der Waals surface area contributed by atoms with E-state index < -0.39 is 0 Å². The van der Waals surface area contributed by atoms with E-state index in [1.165, 1.54) is 42.0 Å². The second-order valence-electron chi connectivity index (χ2n) is 8.56. The molecule has 6 nitrogen and oxygen atoms in total. The Balaban J connectivity index is 1.37. The monoisotopic (exact) mass is 392 g/mol. The highest BCUT2D eigenvalue weighted by Crippen LogP contribution is 2.37. The lowest BCUT2D eigenvalue weighted by Gasteiger charge is -2.40. The van der Waals surface area contributed by atoms with E-state index in [0.29, 0.717) is 12.1 Å². The summed E-state index contributed by atoms with van der Waals surface area (Å²) in [5.74, 6) is 1.32. The third kappa shape index (κ3) is 3.45. The first-order valence-corrected chi connectivity index (χ1v) is 11.0. The smallest absolute Gasteiger partial charge is 0.124 e. The maximum atomic E-state index is 4.73. The summed E-state index contributed by atoms with van der Waals surface area (Å²) in [4.78, 5) is 12.2. The zero-order valence-electron chi connectivity index (χ0n) is 17.5. The van der Waals surface area contributed by atoms with Gasteiger partial charge in [0.2, 0.25) is 0 Å². The molecule has 1 aromatic heterocycles. The normalized spacial score (nSPS) is 29.9. The molecule has 2 saturated heterocycles. The molecule has 5 heterocycles. The zero-order valence-corrected chi connectivity index (χ0v) is 17.5. The van der Waals surface area contributed by atoms with Crippen molar-refractivity contribution >= 4 is 0 Å². The van der Waals surface area contributed by atoms with E-state index in [4.69, 9.17) is 4.98 Å². The van der Waals surface area contributed by atoms with Gasteiger partial charge in [0, 0.05) is 44.3 Å². The molecular formula is C23H32N6. The number of likely N-dealkylation sites (N-methyl/N-ethyl adjacent to an activating group) is 1. The van der Waals surface area contributed by atoms with E-state index in [-0.39, 0.29) is 6.17 Å². The molecule has 0 radical (unpaired) electrons. The van der Waals surface area contributed by atoms with Gasteiger partial charge in [0.25, 0.3) is 0 Å². The van der Waals surface area contributed by atoms with Crippen molar-refractivity contribution in [1.82, 2.24) is 30.3 Å². The molecule has 0 amide bonds. The number of rotatable bonds is 3. The number of aryl methyl sites for hydroxylation is 1. The van der Waals surface area contributed by atoms with Crippen molar-refractivity contribution in [3.05, 3.63) is 65.5 Å². The number of fused-ring (bicyclic) bond motifs is 1. The van der Waals surface area contributed by atoms with Crippen LogP contribution in [0.25, 0.3) is 0 Å². The van der Waals surface area contributed by atoms with Crippen molar-refractivity contribution in [2.24, 2.45) is 0 Å². The third-order valence-corrected chi connectivity index (χ3v) is 6.80. The van der Waals surface area contributed by atoms with Crippen molar-refractivity contribution in [3.63, 3.8) is 0 Å². The van der Waals surface area contributed by atoms with Crippen molar-refractivity contribution in [2.75, 3.05) is 33.2 Å². The summed E-state index contributed by atoms with van der Waals surface area (Å²) in [6.07, 6.45) is 14.8. The van der Waals surface area contributed by atoms with E-state index in [2.05, 4.69) is 69.8 Å². The van der Waals surface area contributed by atoms with Crippen LogP contribution in [-0.4, -0.2) is 65.1 Å². The number of piperazine rings is 1. The third-order valence-electron chi connectivity index (χ3n) is 6.80. The van der Waals surface area contributed by atoms with E-state index in [1.807, 2.05) is 12.3 Å². The van der Waals surface area contributed by atoms with Gasteiger partial charge in [-0.15, -0.1) is 0 Å². The lowest BCUT2D eigenvalue weighted by atomic mass is 9.91. The van der Waals surface area contributed by atoms with Crippen molar-refractivity contribution < 1.29 is 0 Å². The first-order chi connectivity index (χ1) is 14.2. The van der Waals surface area contributed by atoms with Crippen LogP contribution in [0.4, 0.5) is 0 Å². The van der Waals surface area contributed by atoms with Crippen molar-refractivity contribution in [3.8, 4) is 0 Å². The van der Waals surface area contributed by atoms with Crippen molar-refractivity contribution in [2.45, 2.75) is 44.4 Å². The Morgan fingerprint density at radius 3 is 2.79 bits per heavy atom. The molecule has 0 bridgehead atoms. The summed E-state index contributed by atoms with van der Waals surface area (Å²) in [6, 6.07) is 5.00. The second-order valence-corrected chi connectivity index (χ2v) is 8.56. The van der Waals surface area contributed by atoms with Gasteiger partial charge >= 0.3 is 0 Å². The highest BCUT2D eigenvalue weighted by atomic mass is 15.4. The summed E-state index contributed by atoms with van der Waals surface area (Å²) in [7, 11) is 2.27. The molecule has 29 heavy (non-hydrogen) atoms. The number of likely N-dealkylation sites (tertiary alicyclic amines) is 1. The minimum absolute atomic E-state index is 0.227. The Kier molecular flexibility index (Phi) is 5.06. The molecule has 2 N–H and O–H groups in total. The Bertz CT molecular complexity index is 838. The number of pyridine rings is 1. The topological polar surface area (TPSA) is 46.7 Å². The Morgan fingerprint density at radius 2 is 1.97 bits per heavy atom. The highest BCUT2D eigenvalue weighted by Gasteiger charge is 2.37. The van der Waals surface area contributed by atoms with Gasteiger partial charge in [-0.3, -0.25) is 9.88 Å². The molecular weight excluding hydrogens is 360 g/mol. The molecule has 4 aliphatic rings. The summed E-state index contributed by atoms with van der Waals surface area (Å²) < 4.78 is 0. The highest BCUT2D eigenvalue weighted by molar-refractivity contribution is 5.31. The fourth-order valence-corrected chi connectivity index (χ4v) is 5.22. The van der Waals surface area contributed by atoms with Crippen LogP contribution in [0.3, 0.4) is 0 Å². The fraction of sp³-hybridized carbons (Fsp3) is 0.522. The Hall–Kier alpha value is -2.31. The average Bonchev–Trinajstić information content (AvgIpc) is 3.19. The van der Waals surface area contributed by atoms with Gasteiger partial charge in [-0.25, -0.2) is 0 Å². The molecule has 3 atom stereocenters. The summed E-state index contributed by atoms with van der Waals surface area (Å²) in [5.41, 5.74) is 3.86. The second kappa shape index (κ2) is 7.84. The molecule has 0 spiro atoms. The lowest BCUT2D eigenvalue weighted by molar-refractivity contribution is 0.129. The quantitative estimate of drug-likeness (QED) is 0.823. The molecule has 1 aromatic rings. The Labute approximate surface area is 174 Å². The molecule has 4 aliphatic heterocycles. The molecule has 0 aromatic carbocycles. The van der Waals surface area contributed by atoms with Crippen LogP contribution >= 0.6 is 0 Å². The van der Waals surface area contributed by atoms with E-state index >= 15 is 0 Å². The Morgan fingerprint density at radius 1 is 1.14 bits per heavy atom. The van der Waals surface area contributed by atoms with Crippen LogP contribution in [0.15, 0.2) is 54.3 Å². The van der Waals surface area contributed by atoms with Crippen LogP contribution in [0.1, 0.15) is 36.6 Å². The van der Waals surface area contributed by atoms with Crippen LogP contribution in [0.2, 0.25) is 0 Å². The molecule has 0 aliphatic carbocycles. The van der Waals surface area contributed by atoms with Crippen LogP contribution < -0.4 is 10.6 Å². The minimum Gasteiger partial charge on any atom is -0.363 e.